The van der Waals surface area contributed by atoms with Crippen LogP contribution in [0.1, 0.15) is 49.4 Å². The molecule has 0 fully saturated rings. The molecule has 30 heavy (non-hydrogen) atoms. The normalized spacial score (nSPS) is 12.0. The topological polar surface area (TPSA) is 49.4 Å². The lowest BCUT2D eigenvalue weighted by molar-refractivity contribution is -0.141. The van der Waals surface area contributed by atoms with Crippen LogP contribution in [0.3, 0.4) is 0 Å². The molecule has 2 rings (SSSR count). The van der Waals surface area contributed by atoms with E-state index in [-0.39, 0.29) is 18.2 Å². The van der Waals surface area contributed by atoms with Gasteiger partial charge in [0, 0.05) is 18.1 Å². The van der Waals surface area contributed by atoms with Gasteiger partial charge >= 0.3 is 0 Å². The van der Waals surface area contributed by atoms with Gasteiger partial charge in [0.2, 0.25) is 11.8 Å². The van der Waals surface area contributed by atoms with Crippen LogP contribution in [0.25, 0.3) is 0 Å². The number of carbonyl (C=O) groups is 2. The van der Waals surface area contributed by atoms with Crippen molar-refractivity contribution in [3.63, 3.8) is 0 Å². The van der Waals surface area contributed by atoms with Crippen LogP contribution in [-0.2, 0) is 22.6 Å². The van der Waals surface area contributed by atoms with Crippen LogP contribution in [0.4, 0.5) is 0 Å². The first-order valence-corrected chi connectivity index (χ1v) is 11.0. The zero-order chi connectivity index (χ0) is 22.3. The van der Waals surface area contributed by atoms with Crippen molar-refractivity contribution in [2.45, 2.75) is 60.0 Å². The van der Waals surface area contributed by atoms with Crippen molar-refractivity contribution >= 4 is 23.4 Å². The van der Waals surface area contributed by atoms with E-state index < -0.39 is 6.04 Å². The van der Waals surface area contributed by atoms with Crippen LogP contribution in [0.15, 0.2) is 42.5 Å². The smallest absolute Gasteiger partial charge is 0.242 e. The highest BCUT2D eigenvalue weighted by molar-refractivity contribution is 6.30. The summed E-state index contributed by atoms with van der Waals surface area (Å²) in [6.45, 7) is 11.1. The molecule has 2 aromatic carbocycles. The lowest BCUT2D eigenvalue weighted by Crippen LogP contribution is -2.50. The predicted molar refractivity (Wildman–Crippen MR) is 124 cm³/mol. The fraction of sp³-hybridized carbons (Fsp3) is 0.440. The third kappa shape index (κ3) is 7.17. The molecule has 0 spiro atoms. The fourth-order valence-electron chi connectivity index (χ4n) is 3.58. The summed E-state index contributed by atoms with van der Waals surface area (Å²) in [6.07, 6.45) is 0.820. The second kappa shape index (κ2) is 11.2. The first-order valence-electron chi connectivity index (χ1n) is 10.6. The third-order valence-corrected chi connectivity index (χ3v) is 5.23. The molecule has 162 valence electrons. The maximum absolute atomic E-state index is 13.4. The number of carbonyl (C=O) groups excluding carboxylic acids is 2. The fourth-order valence-corrected chi connectivity index (χ4v) is 3.70. The number of aryl methyl sites for hydroxylation is 2. The van der Waals surface area contributed by atoms with Crippen molar-refractivity contribution in [3.8, 4) is 0 Å². The van der Waals surface area contributed by atoms with Crippen LogP contribution in [0.5, 0.6) is 0 Å². The monoisotopic (exact) mass is 428 g/mol. The molecule has 1 N–H and O–H groups in total. The Bertz CT molecular complexity index is 842. The lowest BCUT2D eigenvalue weighted by atomic mass is 10.0. The Hall–Kier alpha value is -2.33. The minimum absolute atomic E-state index is 0.0542. The van der Waals surface area contributed by atoms with Crippen molar-refractivity contribution in [1.29, 1.82) is 0 Å². The SMILES string of the molecule is CC[C@H](C(=O)NCC(C)C)N(Cc1ccc(Cl)cc1)C(=O)Cc1cc(C)cc(C)c1. The highest BCUT2D eigenvalue weighted by atomic mass is 35.5. The molecule has 0 aliphatic carbocycles. The van der Waals surface area contributed by atoms with Gasteiger partial charge in [0.05, 0.1) is 6.42 Å². The average molecular weight is 429 g/mol. The molecule has 2 aromatic rings. The largest absolute Gasteiger partial charge is 0.354 e. The molecule has 0 heterocycles. The summed E-state index contributed by atoms with van der Waals surface area (Å²) < 4.78 is 0. The Balaban J connectivity index is 2.29. The number of halogens is 1. The van der Waals surface area contributed by atoms with E-state index in [1.807, 2.05) is 57.2 Å². The standard InChI is InChI=1S/C25H33ClN2O2/c1-6-23(25(30)27-15-17(2)3)28(16-20-7-9-22(26)10-8-20)24(29)14-21-12-18(4)11-19(5)13-21/h7-13,17,23H,6,14-16H2,1-5H3,(H,27,30)/t23-/m1/s1. The number of rotatable bonds is 9. The average Bonchev–Trinajstić information content (AvgIpc) is 2.66. The summed E-state index contributed by atoms with van der Waals surface area (Å²) in [5.41, 5.74) is 4.17. The van der Waals surface area contributed by atoms with Crippen molar-refractivity contribution in [3.05, 3.63) is 69.7 Å². The summed E-state index contributed by atoms with van der Waals surface area (Å²) in [4.78, 5) is 28.0. The highest BCUT2D eigenvalue weighted by Gasteiger charge is 2.28. The lowest BCUT2D eigenvalue weighted by Gasteiger charge is -2.31. The Labute approximate surface area is 185 Å². The van der Waals surface area contributed by atoms with Gasteiger partial charge in [-0.25, -0.2) is 0 Å². The molecule has 5 heteroatoms. The Morgan fingerprint density at radius 3 is 2.13 bits per heavy atom. The summed E-state index contributed by atoms with van der Waals surface area (Å²) in [7, 11) is 0. The van der Waals surface area contributed by atoms with Gasteiger partial charge in [-0.15, -0.1) is 0 Å². The van der Waals surface area contributed by atoms with E-state index in [1.165, 1.54) is 0 Å². The minimum Gasteiger partial charge on any atom is -0.354 e. The zero-order valence-corrected chi connectivity index (χ0v) is 19.4. The molecule has 0 bridgehead atoms. The Kier molecular flexibility index (Phi) is 8.91. The van der Waals surface area contributed by atoms with Gasteiger partial charge in [-0.1, -0.05) is 73.8 Å². The van der Waals surface area contributed by atoms with Gasteiger partial charge < -0.3 is 10.2 Å². The van der Waals surface area contributed by atoms with Crippen LogP contribution < -0.4 is 5.32 Å². The predicted octanol–water partition coefficient (Wildman–Crippen LogP) is 5.08. The van der Waals surface area contributed by atoms with E-state index in [2.05, 4.69) is 25.2 Å². The summed E-state index contributed by atoms with van der Waals surface area (Å²) in [5, 5.41) is 3.64. The van der Waals surface area contributed by atoms with E-state index in [0.717, 1.165) is 22.3 Å². The number of benzene rings is 2. The van der Waals surface area contributed by atoms with E-state index in [0.29, 0.717) is 30.5 Å². The highest BCUT2D eigenvalue weighted by Crippen LogP contribution is 2.18. The Morgan fingerprint density at radius 1 is 1.00 bits per heavy atom. The first kappa shape index (κ1) is 23.9. The number of hydrogen-bond acceptors (Lipinski definition) is 2. The minimum atomic E-state index is -0.516. The first-order chi connectivity index (χ1) is 14.2. The number of hydrogen-bond donors (Lipinski definition) is 1. The van der Waals surface area contributed by atoms with E-state index in [1.54, 1.807) is 4.90 Å². The number of nitrogens with one attached hydrogen (secondary N) is 1. The summed E-state index contributed by atoms with van der Waals surface area (Å²) >= 11 is 6.01. The van der Waals surface area contributed by atoms with Gasteiger partial charge in [-0.2, -0.15) is 0 Å². The number of nitrogens with zero attached hydrogens (tertiary/aromatic N) is 1. The van der Waals surface area contributed by atoms with E-state index in [4.69, 9.17) is 11.6 Å². The van der Waals surface area contributed by atoms with Crippen LogP contribution >= 0.6 is 11.6 Å². The molecule has 1 atom stereocenters. The van der Waals surface area contributed by atoms with Gasteiger partial charge in [0.25, 0.3) is 0 Å². The Morgan fingerprint density at radius 2 is 1.60 bits per heavy atom. The molecule has 0 saturated heterocycles. The maximum Gasteiger partial charge on any atom is 0.242 e. The van der Waals surface area contributed by atoms with Gasteiger partial charge in [0.15, 0.2) is 0 Å². The molecule has 0 unspecified atom stereocenters. The molecular weight excluding hydrogens is 396 g/mol. The zero-order valence-electron chi connectivity index (χ0n) is 18.7. The summed E-state index contributed by atoms with van der Waals surface area (Å²) in [5.74, 6) is 0.192. The van der Waals surface area contributed by atoms with Gasteiger partial charge in [0.1, 0.15) is 6.04 Å². The second-order valence-corrected chi connectivity index (χ2v) is 8.82. The van der Waals surface area contributed by atoms with E-state index >= 15 is 0 Å². The van der Waals surface area contributed by atoms with Gasteiger partial charge in [-0.05, 0) is 49.4 Å². The number of amides is 2. The molecule has 2 amide bonds. The molecule has 0 radical (unpaired) electrons. The van der Waals surface area contributed by atoms with Crippen molar-refractivity contribution < 1.29 is 9.59 Å². The molecule has 0 aliphatic heterocycles. The molecule has 0 saturated carbocycles. The molecule has 4 nitrogen and oxygen atoms in total. The quantitative estimate of drug-likeness (QED) is 0.605. The molecular formula is C25H33ClN2O2. The van der Waals surface area contributed by atoms with Crippen molar-refractivity contribution in [1.82, 2.24) is 10.2 Å². The van der Waals surface area contributed by atoms with Gasteiger partial charge in [-0.3, -0.25) is 9.59 Å². The van der Waals surface area contributed by atoms with Crippen LogP contribution in [0, 0.1) is 19.8 Å². The summed E-state index contributed by atoms with van der Waals surface area (Å²) in [6, 6.07) is 13.1. The van der Waals surface area contributed by atoms with E-state index in [9.17, 15) is 9.59 Å². The van der Waals surface area contributed by atoms with Crippen LogP contribution in [0.2, 0.25) is 5.02 Å². The second-order valence-electron chi connectivity index (χ2n) is 8.38. The molecule has 0 aromatic heterocycles. The molecule has 0 aliphatic rings. The maximum atomic E-state index is 13.4. The van der Waals surface area contributed by atoms with Crippen LogP contribution in [-0.4, -0.2) is 29.3 Å². The third-order valence-electron chi connectivity index (χ3n) is 4.97. The van der Waals surface area contributed by atoms with Crippen molar-refractivity contribution in [2.75, 3.05) is 6.54 Å². The van der Waals surface area contributed by atoms with Crippen molar-refractivity contribution in [2.24, 2.45) is 5.92 Å².